The SMILES string of the molecule is CC(C)c1ccc2c(c1)C1(CC1)C(=O)N2.[HH]. The van der Waals surface area contributed by atoms with Gasteiger partial charge in [-0.2, -0.15) is 0 Å². The van der Waals surface area contributed by atoms with Gasteiger partial charge in [-0.1, -0.05) is 26.0 Å². The second-order valence-electron chi connectivity index (χ2n) is 5.00. The molecule has 1 aliphatic carbocycles. The fraction of sp³-hybridized carbons (Fsp3) is 0.462. The third-order valence-corrected chi connectivity index (χ3v) is 3.66. The van der Waals surface area contributed by atoms with E-state index in [1.807, 2.05) is 0 Å². The molecule has 80 valence electrons. The van der Waals surface area contributed by atoms with E-state index in [0.717, 1.165) is 18.5 Å². The number of anilines is 1. The molecule has 1 aromatic carbocycles. The topological polar surface area (TPSA) is 29.1 Å². The van der Waals surface area contributed by atoms with Crippen molar-refractivity contribution in [1.29, 1.82) is 0 Å². The number of amides is 1. The van der Waals surface area contributed by atoms with Crippen LogP contribution in [0.2, 0.25) is 0 Å². The molecule has 0 atom stereocenters. The molecule has 1 aliphatic heterocycles. The Labute approximate surface area is 91.2 Å². The number of carbonyl (C=O) groups excluding carboxylic acids is 1. The third-order valence-electron chi connectivity index (χ3n) is 3.66. The summed E-state index contributed by atoms with van der Waals surface area (Å²) < 4.78 is 0. The lowest BCUT2D eigenvalue weighted by molar-refractivity contribution is -0.117. The Morgan fingerprint density at radius 3 is 2.73 bits per heavy atom. The molecule has 1 amide bonds. The molecule has 2 nitrogen and oxygen atoms in total. The van der Waals surface area contributed by atoms with Gasteiger partial charge in [0.2, 0.25) is 5.91 Å². The predicted octanol–water partition coefficient (Wildman–Crippen LogP) is 3.04. The van der Waals surface area contributed by atoms with E-state index in [2.05, 4.69) is 37.4 Å². The molecular formula is C13H17NO. The number of rotatable bonds is 1. The molecule has 1 saturated carbocycles. The van der Waals surface area contributed by atoms with E-state index in [0.29, 0.717) is 5.92 Å². The molecule has 1 aromatic rings. The van der Waals surface area contributed by atoms with Gasteiger partial charge < -0.3 is 5.32 Å². The first-order valence-corrected chi connectivity index (χ1v) is 5.59. The van der Waals surface area contributed by atoms with E-state index < -0.39 is 0 Å². The molecule has 1 spiro atoms. The van der Waals surface area contributed by atoms with Crippen molar-refractivity contribution < 1.29 is 6.22 Å². The van der Waals surface area contributed by atoms with E-state index in [-0.39, 0.29) is 12.7 Å². The highest BCUT2D eigenvalue weighted by Crippen LogP contribution is 2.55. The molecule has 0 radical (unpaired) electrons. The summed E-state index contributed by atoms with van der Waals surface area (Å²) in [5.41, 5.74) is 3.46. The molecule has 2 heteroatoms. The Bertz CT molecular complexity index is 449. The highest BCUT2D eigenvalue weighted by atomic mass is 16.2. The Hall–Kier alpha value is -1.31. The summed E-state index contributed by atoms with van der Waals surface area (Å²) in [5.74, 6) is 0.736. The second-order valence-corrected chi connectivity index (χ2v) is 5.00. The van der Waals surface area contributed by atoms with Gasteiger partial charge in [-0.25, -0.2) is 0 Å². The number of hydrogen-bond acceptors (Lipinski definition) is 1. The maximum atomic E-state index is 11.8. The zero-order chi connectivity index (χ0) is 10.6. The average Bonchev–Trinajstić information content (AvgIpc) is 2.93. The van der Waals surface area contributed by atoms with Crippen molar-refractivity contribution >= 4 is 11.6 Å². The Kier molecular flexibility index (Phi) is 1.57. The minimum atomic E-state index is -0.139. The lowest BCUT2D eigenvalue weighted by Crippen LogP contribution is -2.18. The minimum absolute atomic E-state index is 0. The summed E-state index contributed by atoms with van der Waals surface area (Å²) in [6, 6.07) is 6.38. The maximum Gasteiger partial charge on any atom is 0.235 e. The number of hydrogen-bond donors (Lipinski definition) is 1. The van der Waals surface area contributed by atoms with Gasteiger partial charge in [-0.05, 0) is 36.0 Å². The van der Waals surface area contributed by atoms with Gasteiger partial charge in [0.25, 0.3) is 0 Å². The van der Waals surface area contributed by atoms with E-state index in [1.165, 1.54) is 11.1 Å². The molecule has 1 heterocycles. The smallest absolute Gasteiger partial charge is 0.235 e. The first-order valence-electron chi connectivity index (χ1n) is 5.59. The van der Waals surface area contributed by atoms with Crippen LogP contribution in [0.25, 0.3) is 0 Å². The van der Waals surface area contributed by atoms with Crippen LogP contribution in [0.4, 0.5) is 5.69 Å². The van der Waals surface area contributed by atoms with Gasteiger partial charge in [-0.15, -0.1) is 0 Å². The first-order chi connectivity index (χ1) is 7.13. The zero-order valence-corrected chi connectivity index (χ0v) is 9.13. The molecule has 15 heavy (non-hydrogen) atoms. The van der Waals surface area contributed by atoms with Gasteiger partial charge in [-0.3, -0.25) is 4.79 Å². The first kappa shape index (κ1) is 8.96. The molecule has 0 unspecified atom stereocenters. The van der Waals surface area contributed by atoms with Crippen LogP contribution in [0.1, 0.15) is 45.2 Å². The molecule has 0 saturated heterocycles. The summed E-state index contributed by atoms with van der Waals surface area (Å²) in [7, 11) is 0. The minimum Gasteiger partial charge on any atom is -0.325 e. The number of carbonyl (C=O) groups is 1. The van der Waals surface area contributed by atoms with Crippen LogP contribution in [0.15, 0.2) is 18.2 Å². The lowest BCUT2D eigenvalue weighted by atomic mass is 9.93. The summed E-state index contributed by atoms with van der Waals surface area (Å²) in [6.07, 6.45) is 2.04. The van der Waals surface area contributed by atoms with Crippen LogP contribution < -0.4 is 5.32 Å². The number of benzene rings is 1. The Morgan fingerprint density at radius 2 is 2.13 bits per heavy atom. The maximum absolute atomic E-state index is 11.8. The molecule has 1 fully saturated rings. The molecule has 3 rings (SSSR count). The number of nitrogens with one attached hydrogen (secondary N) is 1. The molecule has 2 aliphatic rings. The molecular weight excluding hydrogens is 186 g/mol. The molecule has 0 bridgehead atoms. The quantitative estimate of drug-likeness (QED) is 0.746. The Balaban J connectivity index is 0.000000963. The van der Waals surface area contributed by atoms with E-state index >= 15 is 0 Å². The third kappa shape index (κ3) is 1.08. The number of fused-ring (bicyclic) bond motifs is 2. The van der Waals surface area contributed by atoms with Crippen molar-refractivity contribution in [3.8, 4) is 0 Å². The normalized spacial score (nSPS) is 20.6. The van der Waals surface area contributed by atoms with Crippen LogP contribution in [-0.2, 0) is 10.2 Å². The molecule has 1 N–H and O–H groups in total. The second kappa shape index (κ2) is 2.63. The summed E-state index contributed by atoms with van der Waals surface area (Å²) >= 11 is 0. The van der Waals surface area contributed by atoms with Crippen LogP contribution in [-0.4, -0.2) is 5.91 Å². The fourth-order valence-corrected chi connectivity index (χ4v) is 2.41. The van der Waals surface area contributed by atoms with Crippen molar-refractivity contribution in [2.45, 2.75) is 38.0 Å². The van der Waals surface area contributed by atoms with E-state index in [4.69, 9.17) is 0 Å². The van der Waals surface area contributed by atoms with Crippen molar-refractivity contribution in [3.63, 3.8) is 0 Å². The standard InChI is InChI=1S/C13H15NO.H2/c1-8(2)9-3-4-11-10(7-9)13(5-6-13)12(15)14-11;/h3-4,7-8H,5-6H2,1-2H3,(H,14,15);1H. The van der Waals surface area contributed by atoms with Crippen LogP contribution >= 0.6 is 0 Å². The summed E-state index contributed by atoms with van der Waals surface area (Å²) in [4.78, 5) is 11.8. The fourth-order valence-electron chi connectivity index (χ4n) is 2.41. The van der Waals surface area contributed by atoms with Crippen LogP contribution in [0.5, 0.6) is 0 Å². The van der Waals surface area contributed by atoms with Gasteiger partial charge in [0.15, 0.2) is 0 Å². The van der Waals surface area contributed by atoms with Gasteiger partial charge in [0.05, 0.1) is 5.41 Å². The largest absolute Gasteiger partial charge is 0.325 e. The van der Waals surface area contributed by atoms with Crippen molar-refractivity contribution in [1.82, 2.24) is 0 Å². The average molecular weight is 203 g/mol. The molecule has 0 aromatic heterocycles. The van der Waals surface area contributed by atoms with Crippen LogP contribution in [0, 0.1) is 0 Å². The highest BCUT2D eigenvalue weighted by Gasteiger charge is 2.56. The monoisotopic (exact) mass is 203 g/mol. The summed E-state index contributed by atoms with van der Waals surface area (Å²) in [5, 5.41) is 2.98. The predicted molar refractivity (Wildman–Crippen MR) is 62.2 cm³/mol. The van der Waals surface area contributed by atoms with Gasteiger partial charge in [0, 0.05) is 7.11 Å². The van der Waals surface area contributed by atoms with Gasteiger partial charge in [0.1, 0.15) is 0 Å². The van der Waals surface area contributed by atoms with E-state index in [1.54, 1.807) is 0 Å². The van der Waals surface area contributed by atoms with E-state index in [9.17, 15) is 4.79 Å². The zero-order valence-electron chi connectivity index (χ0n) is 9.13. The lowest BCUT2D eigenvalue weighted by Gasteiger charge is -2.09. The Morgan fingerprint density at radius 1 is 1.40 bits per heavy atom. The summed E-state index contributed by atoms with van der Waals surface area (Å²) in [6.45, 7) is 4.37. The van der Waals surface area contributed by atoms with Crippen LogP contribution in [0.3, 0.4) is 0 Å². The van der Waals surface area contributed by atoms with Crippen molar-refractivity contribution in [2.24, 2.45) is 0 Å². The van der Waals surface area contributed by atoms with Gasteiger partial charge >= 0.3 is 0 Å². The van der Waals surface area contributed by atoms with Crippen molar-refractivity contribution in [3.05, 3.63) is 29.3 Å². The highest BCUT2D eigenvalue weighted by molar-refractivity contribution is 6.08. The van der Waals surface area contributed by atoms with Crippen molar-refractivity contribution in [2.75, 3.05) is 5.32 Å².